The van der Waals surface area contributed by atoms with Crippen molar-refractivity contribution in [2.75, 3.05) is 6.54 Å². The Bertz CT molecular complexity index is 306. The van der Waals surface area contributed by atoms with Crippen LogP contribution < -0.4 is 11.1 Å². The molecule has 1 rings (SSSR count). The van der Waals surface area contributed by atoms with Crippen LogP contribution in [-0.2, 0) is 9.59 Å². The molecule has 0 aliphatic heterocycles. The van der Waals surface area contributed by atoms with E-state index in [4.69, 9.17) is 5.73 Å². The first-order valence-electron chi connectivity index (χ1n) is 6.13. The molecule has 0 radical (unpaired) electrons. The van der Waals surface area contributed by atoms with Crippen LogP contribution >= 0.6 is 0 Å². The minimum absolute atomic E-state index is 0.0951. The maximum Gasteiger partial charge on any atom is 0.311 e. The van der Waals surface area contributed by atoms with E-state index in [0.717, 1.165) is 12.8 Å². The van der Waals surface area contributed by atoms with E-state index >= 15 is 0 Å². The highest BCUT2D eigenvalue weighted by Crippen LogP contribution is 2.38. The third-order valence-corrected chi connectivity index (χ3v) is 3.72. The maximum absolute atomic E-state index is 11.7. The molecule has 0 aromatic heterocycles. The van der Waals surface area contributed by atoms with E-state index < -0.39 is 11.4 Å². The topological polar surface area (TPSA) is 92.4 Å². The fraction of sp³-hybridized carbons (Fsp3) is 0.833. The van der Waals surface area contributed by atoms with Gasteiger partial charge < -0.3 is 16.2 Å². The molecular weight excluding hydrogens is 220 g/mol. The van der Waals surface area contributed by atoms with E-state index in [9.17, 15) is 14.7 Å². The predicted octanol–water partition coefficient (Wildman–Crippen LogP) is 0.731. The van der Waals surface area contributed by atoms with Crippen LogP contribution in [0, 0.1) is 11.3 Å². The molecule has 3 atom stereocenters. The standard InChI is InChI=1S/C12H22N2O3/c1-8(7-13)6-10(15)14-9-4-3-5-12(9,2)11(16)17/h8-9H,3-7,13H2,1-2H3,(H,14,15)(H,16,17). The lowest BCUT2D eigenvalue weighted by Gasteiger charge is -2.28. The first-order valence-corrected chi connectivity index (χ1v) is 6.13. The molecule has 1 amide bonds. The van der Waals surface area contributed by atoms with Crippen molar-refractivity contribution in [2.45, 2.75) is 45.6 Å². The predicted molar refractivity (Wildman–Crippen MR) is 64.4 cm³/mol. The number of rotatable bonds is 5. The van der Waals surface area contributed by atoms with E-state index in [-0.39, 0.29) is 17.9 Å². The molecule has 0 heterocycles. The molecule has 0 spiro atoms. The zero-order valence-electron chi connectivity index (χ0n) is 10.5. The number of aliphatic carboxylic acids is 1. The SMILES string of the molecule is CC(CN)CC(=O)NC1CCCC1(C)C(=O)O. The second-order valence-electron chi connectivity index (χ2n) is 5.28. The highest BCUT2D eigenvalue weighted by molar-refractivity contribution is 5.80. The van der Waals surface area contributed by atoms with Crippen LogP contribution in [0.15, 0.2) is 0 Å². The monoisotopic (exact) mass is 242 g/mol. The van der Waals surface area contributed by atoms with E-state index in [0.29, 0.717) is 19.4 Å². The number of carbonyl (C=O) groups is 2. The van der Waals surface area contributed by atoms with Gasteiger partial charge in [-0.15, -0.1) is 0 Å². The lowest BCUT2D eigenvalue weighted by molar-refractivity contribution is -0.149. The molecule has 5 nitrogen and oxygen atoms in total. The number of carboxylic acids is 1. The van der Waals surface area contributed by atoms with Gasteiger partial charge in [0.1, 0.15) is 0 Å². The van der Waals surface area contributed by atoms with Crippen molar-refractivity contribution in [2.24, 2.45) is 17.1 Å². The molecule has 1 saturated carbocycles. The summed E-state index contributed by atoms with van der Waals surface area (Å²) in [6.45, 7) is 4.08. The average molecular weight is 242 g/mol. The van der Waals surface area contributed by atoms with Crippen LogP contribution in [-0.4, -0.2) is 29.6 Å². The molecule has 5 heteroatoms. The van der Waals surface area contributed by atoms with Crippen molar-refractivity contribution in [1.82, 2.24) is 5.32 Å². The van der Waals surface area contributed by atoms with Crippen LogP contribution in [0.1, 0.15) is 39.5 Å². The molecule has 17 heavy (non-hydrogen) atoms. The van der Waals surface area contributed by atoms with Gasteiger partial charge in [-0.2, -0.15) is 0 Å². The molecule has 1 aliphatic rings. The Labute approximate surface area is 102 Å². The zero-order chi connectivity index (χ0) is 13.1. The Kier molecular flexibility index (Phi) is 4.51. The fourth-order valence-corrected chi connectivity index (χ4v) is 2.31. The molecule has 98 valence electrons. The summed E-state index contributed by atoms with van der Waals surface area (Å²) >= 11 is 0. The summed E-state index contributed by atoms with van der Waals surface area (Å²) in [5, 5.41) is 12.1. The van der Waals surface area contributed by atoms with Gasteiger partial charge in [-0.3, -0.25) is 9.59 Å². The Morgan fingerprint density at radius 3 is 2.76 bits per heavy atom. The molecule has 4 N–H and O–H groups in total. The molecule has 1 fully saturated rings. The second kappa shape index (κ2) is 5.49. The molecule has 0 saturated heterocycles. The summed E-state index contributed by atoms with van der Waals surface area (Å²) in [5.74, 6) is -0.790. The van der Waals surface area contributed by atoms with Gasteiger partial charge in [0, 0.05) is 12.5 Å². The number of nitrogens with two attached hydrogens (primary N) is 1. The molecule has 1 aliphatic carbocycles. The van der Waals surface area contributed by atoms with Crippen molar-refractivity contribution < 1.29 is 14.7 Å². The maximum atomic E-state index is 11.7. The average Bonchev–Trinajstić information content (AvgIpc) is 2.61. The van der Waals surface area contributed by atoms with Crippen LogP contribution in [0.5, 0.6) is 0 Å². The number of nitrogens with one attached hydrogen (secondary N) is 1. The lowest BCUT2D eigenvalue weighted by Crippen LogP contribution is -2.47. The van der Waals surface area contributed by atoms with E-state index in [1.807, 2.05) is 6.92 Å². The van der Waals surface area contributed by atoms with Gasteiger partial charge >= 0.3 is 5.97 Å². The van der Waals surface area contributed by atoms with Gasteiger partial charge in [0.05, 0.1) is 5.41 Å². The van der Waals surface area contributed by atoms with Crippen molar-refractivity contribution in [1.29, 1.82) is 0 Å². The minimum Gasteiger partial charge on any atom is -0.481 e. The van der Waals surface area contributed by atoms with Crippen molar-refractivity contribution in [3.05, 3.63) is 0 Å². The molecular formula is C12H22N2O3. The first-order chi connectivity index (χ1) is 7.90. The summed E-state index contributed by atoms with van der Waals surface area (Å²) < 4.78 is 0. The van der Waals surface area contributed by atoms with Crippen molar-refractivity contribution in [3.8, 4) is 0 Å². The summed E-state index contributed by atoms with van der Waals surface area (Å²) in [6, 6.07) is -0.252. The normalized spacial score (nSPS) is 29.9. The molecule has 3 unspecified atom stereocenters. The van der Waals surface area contributed by atoms with Crippen LogP contribution in [0.3, 0.4) is 0 Å². The molecule has 0 aromatic rings. The van der Waals surface area contributed by atoms with E-state index in [1.165, 1.54) is 0 Å². The van der Waals surface area contributed by atoms with Gasteiger partial charge in [-0.25, -0.2) is 0 Å². The number of carboxylic acid groups (broad SMARTS) is 1. The van der Waals surface area contributed by atoms with Crippen molar-refractivity contribution in [3.63, 3.8) is 0 Å². The Morgan fingerprint density at radius 2 is 2.24 bits per heavy atom. The summed E-state index contributed by atoms with van der Waals surface area (Å²) in [5.41, 5.74) is 4.64. The number of amides is 1. The number of hydrogen-bond donors (Lipinski definition) is 3. The Hall–Kier alpha value is -1.10. The van der Waals surface area contributed by atoms with Crippen molar-refractivity contribution >= 4 is 11.9 Å². The molecule has 0 aromatic carbocycles. The largest absolute Gasteiger partial charge is 0.481 e. The quantitative estimate of drug-likeness (QED) is 0.662. The first kappa shape index (κ1) is 14.0. The van der Waals surface area contributed by atoms with E-state index in [2.05, 4.69) is 5.32 Å². The van der Waals surface area contributed by atoms with Gasteiger partial charge in [-0.05, 0) is 32.2 Å². The van der Waals surface area contributed by atoms with E-state index in [1.54, 1.807) is 6.92 Å². The second-order valence-corrected chi connectivity index (χ2v) is 5.28. The third-order valence-electron chi connectivity index (χ3n) is 3.72. The molecule has 0 bridgehead atoms. The highest BCUT2D eigenvalue weighted by atomic mass is 16.4. The fourth-order valence-electron chi connectivity index (χ4n) is 2.31. The van der Waals surface area contributed by atoms with Crippen LogP contribution in [0.25, 0.3) is 0 Å². The summed E-state index contributed by atoms with van der Waals surface area (Å²) in [4.78, 5) is 22.9. The van der Waals surface area contributed by atoms with Gasteiger partial charge in [0.25, 0.3) is 0 Å². The summed E-state index contributed by atoms with van der Waals surface area (Å²) in [7, 11) is 0. The zero-order valence-corrected chi connectivity index (χ0v) is 10.5. The van der Waals surface area contributed by atoms with Crippen LogP contribution in [0.4, 0.5) is 0 Å². The Morgan fingerprint density at radius 1 is 1.59 bits per heavy atom. The minimum atomic E-state index is -0.827. The van der Waals surface area contributed by atoms with Crippen LogP contribution in [0.2, 0.25) is 0 Å². The smallest absolute Gasteiger partial charge is 0.311 e. The Balaban J connectivity index is 2.56. The van der Waals surface area contributed by atoms with Gasteiger partial charge in [-0.1, -0.05) is 13.3 Å². The number of carbonyl (C=O) groups excluding carboxylic acids is 1. The third kappa shape index (κ3) is 3.19. The highest BCUT2D eigenvalue weighted by Gasteiger charge is 2.45. The van der Waals surface area contributed by atoms with Gasteiger partial charge in [0.15, 0.2) is 0 Å². The number of hydrogen-bond acceptors (Lipinski definition) is 3. The lowest BCUT2D eigenvalue weighted by atomic mass is 9.85. The summed E-state index contributed by atoms with van der Waals surface area (Å²) in [6.07, 6.45) is 2.58. The van der Waals surface area contributed by atoms with Gasteiger partial charge in [0.2, 0.25) is 5.91 Å².